The topological polar surface area (TPSA) is 110 Å². The fourth-order valence-corrected chi connectivity index (χ4v) is 1.70. The van der Waals surface area contributed by atoms with Crippen LogP contribution in [0.2, 0.25) is 0 Å². The molecule has 7 heteroatoms. The van der Waals surface area contributed by atoms with E-state index in [4.69, 9.17) is 5.73 Å². The molecule has 2 heterocycles. The van der Waals surface area contributed by atoms with Gasteiger partial charge >= 0.3 is 0 Å². The van der Waals surface area contributed by atoms with E-state index in [0.717, 1.165) is 5.56 Å². The average molecular weight is 260 g/mol. The first-order chi connectivity index (χ1) is 9.11. The zero-order valence-corrected chi connectivity index (χ0v) is 10.9. The predicted molar refractivity (Wildman–Crippen MR) is 70.3 cm³/mol. The number of amides is 1. The molecule has 19 heavy (non-hydrogen) atoms. The van der Waals surface area contributed by atoms with Gasteiger partial charge in [-0.3, -0.25) is 9.89 Å². The van der Waals surface area contributed by atoms with Gasteiger partial charge in [0, 0.05) is 12.1 Å². The summed E-state index contributed by atoms with van der Waals surface area (Å²) in [7, 11) is 0. The van der Waals surface area contributed by atoms with Gasteiger partial charge in [-0.1, -0.05) is 6.92 Å². The molecule has 0 saturated heterocycles. The summed E-state index contributed by atoms with van der Waals surface area (Å²) in [5, 5.41) is 17.2. The highest BCUT2D eigenvalue weighted by Gasteiger charge is 2.13. The van der Waals surface area contributed by atoms with Gasteiger partial charge < -0.3 is 11.1 Å². The molecule has 0 fully saturated rings. The van der Waals surface area contributed by atoms with Gasteiger partial charge in [-0.2, -0.15) is 15.3 Å². The van der Waals surface area contributed by atoms with Crippen molar-refractivity contribution in [2.45, 2.75) is 26.8 Å². The SMILES string of the molecule is CCc1nnc(C)cc1C(=O)NCc1cn[nH]c1N. The highest BCUT2D eigenvalue weighted by molar-refractivity contribution is 5.95. The van der Waals surface area contributed by atoms with Gasteiger partial charge in [0.15, 0.2) is 0 Å². The third kappa shape index (κ3) is 2.87. The van der Waals surface area contributed by atoms with Gasteiger partial charge in [0.1, 0.15) is 5.82 Å². The molecule has 2 aromatic heterocycles. The van der Waals surface area contributed by atoms with Gasteiger partial charge in [-0.25, -0.2) is 0 Å². The Hall–Kier alpha value is -2.44. The number of hydrogen-bond acceptors (Lipinski definition) is 5. The van der Waals surface area contributed by atoms with E-state index in [1.807, 2.05) is 6.92 Å². The fourth-order valence-electron chi connectivity index (χ4n) is 1.70. The Morgan fingerprint density at radius 2 is 2.26 bits per heavy atom. The lowest BCUT2D eigenvalue weighted by atomic mass is 10.1. The van der Waals surface area contributed by atoms with Crippen LogP contribution in [0.3, 0.4) is 0 Å². The fraction of sp³-hybridized carbons (Fsp3) is 0.333. The highest BCUT2D eigenvalue weighted by atomic mass is 16.1. The molecular weight excluding hydrogens is 244 g/mol. The summed E-state index contributed by atoms with van der Waals surface area (Å²) in [6.07, 6.45) is 2.25. The van der Waals surface area contributed by atoms with Crippen molar-refractivity contribution in [2.75, 3.05) is 5.73 Å². The van der Waals surface area contributed by atoms with Crippen LogP contribution in [0.5, 0.6) is 0 Å². The predicted octanol–water partition coefficient (Wildman–Crippen LogP) is 0.583. The largest absolute Gasteiger partial charge is 0.384 e. The minimum Gasteiger partial charge on any atom is -0.384 e. The number of rotatable bonds is 4. The van der Waals surface area contributed by atoms with E-state index < -0.39 is 0 Å². The lowest BCUT2D eigenvalue weighted by Crippen LogP contribution is -2.25. The summed E-state index contributed by atoms with van der Waals surface area (Å²) >= 11 is 0. The van der Waals surface area contributed by atoms with Gasteiger partial charge in [-0.05, 0) is 19.4 Å². The van der Waals surface area contributed by atoms with Crippen molar-refractivity contribution in [3.05, 3.63) is 34.8 Å². The monoisotopic (exact) mass is 260 g/mol. The molecule has 7 nitrogen and oxygen atoms in total. The summed E-state index contributed by atoms with van der Waals surface area (Å²) in [6.45, 7) is 4.06. The highest BCUT2D eigenvalue weighted by Crippen LogP contribution is 2.09. The number of H-pyrrole nitrogens is 1. The van der Waals surface area contributed by atoms with E-state index in [9.17, 15) is 4.79 Å². The van der Waals surface area contributed by atoms with E-state index in [0.29, 0.717) is 35.7 Å². The zero-order chi connectivity index (χ0) is 13.8. The normalized spacial score (nSPS) is 10.4. The summed E-state index contributed by atoms with van der Waals surface area (Å²) in [5.74, 6) is 0.274. The van der Waals surface area contributed by atoms with Crippen molar-refractivity contribution in [3.8, 4) is 0 Å². The van der Waals surface area contributed by atoms with Crippen LogP contribution in [-0.2, 0) is 13.0 Å². The van der Waals surface area contributed by atoms with Crippen molar-refractivity contribution in [2.24, 2.45) is 0 Å². The quantitative estimate of drug-likeness (QED) is 0.745. The third-order valence-corrected chi connectivity index (χ3v) is 2.76. The van der Waals surface area contributed by atoms with Crippen LogP contribution in [0.4, 0.5) is 5.82 Å². The molecule has 2 rings (SSSR count). The van der Waals surface area contributed by atoms with Crippen LogP contribution in [0.1, 0.15) is 34.2 Å². The Kier molecular flexibility index (Phi) is 3.74. The van der Waals surface area contributed by atoms with Gasteiger partial charge in [0.25, 0.3) is 5.91 Å². The zero-order valence-electron chi connectivity index (χ0n) is 10.9. The van der Waals surface area contributed by atoms with Crippen LogP contribution in [-0.4, -0.2) is 26.3 Å². The van der Waals surface area contributed by atoms with Crippen LogP contribution in [0, 0.1) is 6.92 Å². The Labute approximate surface area is 110 Å². The average Bonchev–Trinajstić information content (AvgIpc) is 2.81. The second-order valence-electron chi connectivity index (χ2n) is 4.19. The number of aromatic nitrogens is 4. The van der Waals surface area contributed by atoms with Crippen molar-refractivity contribution < 1.29 is 4.79 Å². The van der Waals surface area contributed by atoms with E-state index in [1.165, 1.54) is 0 Å². The Balaban J connectivity index is 2.12. The number of carbonyl (C=O) groups is 1. The van der Waals surface area contributed by atoms with E-state index in [2.05, 4.69) is 25.7 Å². The second kappa shape index (κ2) is 5.47. The van der Waals surface area contributed by atoms with Crippen molar-refractivity contribution >= 4 is 11.7 Å². The lowest BCUT2D eigenvalue weighted by Gasteiger charge is -2.08. The third-order valence-electron chi connectivity index (χ3n) is 2.76. The molecular formula is C12H16N6O. The Morgan fingerprint density at radius 3 is 2.89 bits per heavy atom. The minimum atomic E-state index is -0.185. The molecule has 0 radical (unpaired) electrons. The summed E-state index contributed by atoms with van der Waals surface area (Å²) < 4.78 is 0. The molecule has 0 unspecified atom stereocenters. The first-order valence-corrected chi connectivity index (χ1v) is 6.01. The molecule has 0 aliphatic rings. The molecule has 100 valence electrons. The van der Waals surface area contributed by atoms with Crippen molar-refractivity contribution in [1.82, 2.24) is 25.7 Å². The second-order valence-corrected chi connectivity index (χ2v) is 4.19. The minimum absolute atomic E-state index is 0.185. The molecule has 2 aromatic rings. The molecule has 4 N–H and O–H groups in total. The molecule has 0 aliphatic carbocycles. The maximum atomic E-state index is 12.1. The lowest BCUT2D eigenvalue weighted by molar-refractivity contribution is 0.0949. The number of carbonyl (C=O) groups excluding carboxylic acids is 1. The molecule has 0 aliphatic heterocycles. The number of nitrogens with zero attached hydrogens (tertiary/aromatic N) is 3. The van der Waals surface area contributed by atoms with E-state index in [1.54, 1.807) is 19.2 Å². The Morgan fingerprint density at radius 1 is 1.47 bits per heavy atom. The van der Waals surface area contributed by atoms with Crippen LogP contribution >= 0.6 is 0 Å². The van der Waals surface area contributed by atoms with E-state index in [-0.39, 0.29) is 5.91 Å². The molecule has 0 aromatic carbocycles. The number of aromatic amines is 1. The number of nitrogens with two attached hydrogens (primary N) is 1. The summed E-state index contributed by atoms with van der Waals surface area (Å²) in [5.41, 5.74) is 8.36. The molecule has 0 atom stereocenters. The van der Waals surface area contributed by atoms with Gasteiger partial charge in [0.2, 0.25) is 0 Å². The van der Waals surface area contributed by atoms with Crippen LogP contribution in [0.25, 0.3) is 0 Å². The van der Waals surface area contributed by atoms with Crippen molar-refractivity contribution in [3.63, 3.8) is 0 Å². The number of anilines is 1. The first-order valence-electron chi connectivity index (χ1n) is 6.01. The molecule has 0 saturated carbocycles. The number of nitrogen functional groups attached to an aromatic ring is 1. The molecule has 0 spiro atoms. The Bertz CT molecular complexity index is 592. The number of aryl methyl sites for hydroxylation is 2. The number of hydrogen-bond donors (Lipinski definition) is 3. The number of nitrogens with one attached hydrogen (secondary N) is 2. The van der Waals surface area contributed by atoms with Crippen LogP contribution in [0.15, 0.2) is 12.3 Å². The van der Waals surface area contributed by atoms with Crippen LogP contribution < -0.4 is 11.1 Å². The van der Waals surface area contributed by atoms with Gasteiger partial charge in [0.05, 0.1) is 23.1 Å². The van der Waals surface area contributed by atoms with Gasteiger partial charge in [-0.15, -0.1) is 0 Å². The molecule has 0 bridgehead atoms. The smallest absolute Gasteiger partial charge is 0.253 e. The summed E-state index contributed by atoms with van der Waals surface area (Å²) in [6, 6.07) is 1.74. The summed E-state index contributed by atoms with van der Waals surface area (Å²) in [4.78, 5) is 12.1. The van der Waals surface area contributed by atoms with E-state index >= 15 is 0 Å². The first kappa shape index (κ1) is 13.0. The standard InChI is InChI=1S/C12H16N6O/c1-3-10-9(4-7(2)16-17-10)12(19)14-5-8-6-15-18-11(8)13/h4,6H,3,5H2,1-2H3,(H,14,19)(H3,13,15,18). The molecule has 1 amide bonds. The maximum Gasteiger partial charge on any atom is 0.253 e. The maximum absolute atomic E-state index is 12.1. The van der Waals surface area contributed by atoms with Crippen molar-refractivity contribution in [1.29, 1.82) is 0 Å².